The summed E-state index contributed by atoms with van der Waals surface area (Å²) in [7, 11) is 0. The van der Waals surface area contributed by atoms with Crippen molar-refractivity contribution in [2.75, 3.05) is 5.32 Å². The van der Waals surface area contributed by atoms with Crippen LogP contribution in [0.2, 0.25) is 5.02 Å². The van der Waals surface area contributed by atoms with E-state index in [1.807, 2.05) is 0 Å². The Hall–Kier alpha value is -0.810. The van der Waals surface area contributed by atoms with Gasteiger partial charge in [0.15, 0.2) is 5.96 Å². The molecule has 4 N–H and O–H groups in total. The molecule has 0 saturated heterocycles. The van der Waals surface area contributed by atoms with E-state index in [0.29, 0.717) is 4.47 Å². The van der Waals surface area contributed by atoms with Gasteiger partial charge in [0, 0.05) is 4.47 Å². The van der Waals surface area contributed by atoms with Crippen LogP contribution in [-0.2, 0) is 0 Å². The summed E-state index contributed by atoms with van der Waals surface area (Å²) in [6, 6.07) is 2.74. The van der Waals surface area contributed by atoms with Crippen LogP contribution in [0.5, 0.6) is 0 Å². The van der Waals surface area contributed by atoms with Crippen molar-refractivity contribution in [3.63, 3.8) is 0 Å². The zero-order chi connectivity index (χ0) is 10.0. The summed E-state index contributed by atoms with van der Waals surface area (Å²) in [5, 5.41) is 9.38. The van der Waals surface area contributed by atoms with E-state index in [1.165, 1.54) is 12.1 Å². The van der Waals surface area contributed by atoms with Gasteiger partial charge in [0.05, 0.1) is 10.7 Å². The average Bonchev–Trinajstić information content (AvgIpc) is 1.96. The second-order valence-electron chi connectivity index (χ2n) is 2.28. The van der Waals surface area contributed by atoms with Gasteiger partial charge in [-0.25, -0.2) is 4.39 Å². The molecule has 0 fully saturated rings. The number of benzene rings is 1. The molecule has 0 heterocycles. The van der Waals surface area contributed by atoms with Crippen molar-refractivity contribution >= 4 is 39.2 Å². The lowest BCUT2D eigenvalue weighted by molar-refractivity contribution is 0.631. The molecule has 0 saturated carbocycles. The van der Waals surface area contributed by atoms with Gasteiger partial charge in [0.2, 0.25) is 0 Å². The molecule has 0 aromatic heterocycles. The predicted molar refractivity (Wildman–Crippen MR) is 54.6 cm³/mol. The Balaban J connectivity index is 3.13. The van der Waals surface area contributed by atoms with Crippen LogP contribution in [0.1, 0.15) is 0 Å². The highest BCUT2D eigenvalue weighted by atomic mass is 79.9. The van der Waals surface area contributed by atoms with Gasteiger partial charge in [-0.1, -0.05) is 27.5 Å². The second kappa shape index (κ2) is 3.93. The van der Waals surface area contributed by atoms with Gasteiger partial charge in [-0.15, -0.1) is 0 Å². The first kappa shape index (κ1) is 10.3. The molecule has 3 nitrogen and oxygen atoms in total. The van der Waals surface area contributed by atoms with Crippen LogP contribution in [0, 0.1) is 11.2 Å². The van der Waals surface area contributed by atoms with Gasteiger partial charge >= 0.3 is 0 Å². The summed E-state index contributed by atoms with van der Waals surface area (Å²) in [6.07, 6.45) is 0. The van der Waals surface area contributed by atoms with E-state index in [4.69, 9.17) is 22.7 Å². The summed E-state index contributed by atoms with van der Waals surface area (Å²) in [5.41, 5.74) is 5.05. The third-order valence-electron chi connectivity index (χ3n) is 1.27. The molecule has 1 aromatic carbocycles. The molecule has 0 unspecified atom stereocenters. The maximum Gasteiger partial charge on any atom is 0.190 e. The number of anilines is 1. The second-order valence-corrected chi connectivity index (χ2v) is 3.61. The molecule has 6 heteroatoms. The third kappa shape index (κ3) is 2.57. The van der Waals surface area contributed by atoms with E-state index in [9.17, 15) is 4.39 Å². The van der Waals surface area contributed by atoms with E-state index >= 15 is 0 Å². The first-order valence-electron chi connectivity index (χ1n) is 3.26. The van der Waals surface area contributed by atoms with Crippen LogP contribution in [0.4, 0.5) is 10.1 Å². The first-order chi connectivity index (χ1) is 6.00. The molecule has 0 aliphatic rings. The monoisotopic (exact) mass is 265 g/mol. The molecule has 0 radical (unpaired) electrons. The highest BCUT2D eigenvalue weighted by Crippen LogP contribution is 2.28. The van der Waals surface area contributed by atoms with Crippen LogP contribution in [0.3, 0.4) is 0 Å². The first-order valence-corrected chi connectivity index (χ1v) is 4.43. The highest BCUT2D eigenvalue weighted by Gasteiger charge is 2.08. The largest absolute Gasteiger partial charge is 0.370 e. The fourth-order valence-corrected chi connectivity index (χ4v) is 1.61. The quantitative estimate of drug-likeness (QED) is 0.540. The Kier molecular flexibility index (Phi) is 3.11. The van der Waals surface area contributed by atoms with E-state index < -0.39 is 5.82 Å². The summed E-state index contributed by atoms with van der Waals surface area (Å²) in [5.74, 6) is -0.919. The molecule has 0 atom stereocenters. The van der Waals surface area contributed by atoms with Crippen molar-refractivity contribution in [1.82, 2.24) is 0 Å². The lowest BCUT2D eigenvalue weighted by Crippen LogP contribution is -2.21. The summed E-state index contributed by atoms with van der Waals surface area (Å²) >= 11 is 8.77. The van der Waals surface area contributed by atoms with E-state index in [0.717, 1.165) is 0 Å². The van der Waals surface area contributed by atoms with Gasteiger partial charge in [-0.3, -0.25) is 5.41 Å². The molecule has 1 rings (SSSR count). The Labute approximate surface area is 87.7 Å². The van der Waals surface area contributed by atoms with Crippen molar-refractivity contribution in [3.8, 4) is 0 Å². The number of hydrogen-bond donors (Lipinski definition) is 3. The molecule has 0 aliphatic carbocycles. The molecule has 0 aliphatic heterocycles. The number of guanidine groups is 1. The van der Waals surface area contributed by atoms with Gasteiger partial charge in [0.25, 0.3) is 0 Å². The van der Waals surface area contributed by atoms with Crippen molar-refractivity contribution in [3.05, 3.63) is 27.4 Å². The topological polar surface area (TPSA) is 61.9 Å². The Morgan fingerprint density at radius 1 is 1.62 bits per heavy atom. The van der Waals surface area contributed by atoms with Crippen molar-refractivity contribution in [1.29, 1.82) is 5.41 Å². The lowest BCUT2D eigenvalue weighted by atomic mass is 10.3. The molecular weight excluding hydrogens is 260 g/mol. The van der Waals surface area contributed by atoms with Gasteiger partial charge < -0.3 is 11.1 Å². The van der Waals surface area contributed by atoms with Crippen LogP contribution >= 0.6 is 27.5 Å². The minimum Gasteiger partial charge on any atom is -0.370 e. The fourth-order valence-electron chi connectivity index (χ4n) is 0.796. The summed E-state index contributed by atoms with van der Waals surface area (Å²) in [4.78, 5) is 0. The Bertz CT molecular complexity index is 333. The van der Waals surface area contributed by atoms with E-state index in [-0.39, 0.29) is 16.7 Å². The van der Waals surface area contributed by atoms with Gasteiger partial charge in [0.1, 0.15) is 5.82 Å². The fraction of sp³-hybridized carbons (Fsp3) is 0. The zero-order valence-corrected chi connectivity index (χ0v) is 8.71. The minimum absolute atomic E-state index is 0.0115. The maximum absolute atomic E-state index is 13.1. The molecule has 1 aromatic rings. The maximum atomic E-state index is 13.1. The van der Waals surface area contributed by atoms with Crippen molar-refractivity contribution in [2.24, 2.45) is 5.73 Å². The zero-order valence-electron chi connectivity index (χ0n) is 6.37. The average molecular weight is 267 g/mol. The van der Waals surface area contributed by atoms with Gasteiger partial charge in [-0.05, 0) is 12.1 Å². The SMILES string of the molecule is N=C(N)Nc1c(F)cc(Br)cc1Cl. The van der Waals surface area contributed by atoms with Crippen LogP contribution in [0.25, 0.3) is 0 Å². The smallest absolute Gasteiger partial charge is 0.190 e. The van der Waals surface area contributed by atoms with Gasteiger partial charge in [-0.2, -0.15) is 0 Å². The number of nitrogens with two attached hydrogens (primary N) is 1. The predicted octanol–water partition coefficient (Wildman–Crippen LogP) is 2.55. The Morgan fingerprint density at radius 3 is 2.69 bits per heavy atom. The van der Waals surface area contributed by atoms with Crippen molar-refractivity contribution in [2.45, 2.75) is 0 Å². The number of rotatable bonds is 1. The molecule has 0 spiro atoms. The number of hydrogen-bond acceptors (Lipinski definition) is 1. The molecule has 0 amide bonds. The standard InChI is InChI=1S/C7H6BrClFN3/c8-3-1-4(9)6(5(10)2-3)13-7(11)12/h1-2H,(H4,11,12,13). The summed E-state index contributed by atoms with van der Waals surface area (Å²) < 4.78 is 13.7. The minimum atomic E-state index is -0.561. The molecule has 70 valence electrons. The van der Waals surface area contributed by atoms with Crippen LogP contribution in [-0.4, -0.2) is 5.96 Å². The normalized spacial score (nSPS) is 9.77. The van der Waals surface area contributed by atoms with E-state index in [1.54, 1.807) is 0 Å². The number of nitrogens with one attached hydrogen (secondary N) is 2. The molecule has 0 bridgehead atoms. The summed E-state index contributed by atoms with van der Waals surface area (Å²) in [6.45, 7) is 0. The van der Waals surface area contributed by atoms with Crippen molar-refractivity contribution < 1.29 is 4.39 Å². The third-order valence-corrected chi connectivity index (χ3v) is 2.02. The molecular formula is C7H6BrClFN3. The highest BCUT2D eigenvalue weighted by molar-refractivity contribution is 9.10. The van der Waals surface area contributed by atoms with Crippen LogP contribution in [0.15, 0.2) is 16.6 Å². The van der Waals surface area contributed by atoms with E-state index in [2.05, 4.69) is 21.2 Å². The lowest BCUT2D eigenvalue weighted by Gasteiger charge is -2.07. The molecule has 13 heavy (non-hydrogen) atoms. The van der Waals surface area contributed by atoms with Crippen LogP contribution < -0.4 is 11.1 Å². The Morgan fingerprint density at radius 2 is 2.23 bits per heavy atom. The number of halogens is 3.